The Balaban J connectivity index is 1.51. The fraction of sp³-hybridized carbons (Fsp3) is 0.318. The van der Waals surface area contributed by atoms with Gasteiger partial charge in [0.1, 0.15) is 6.04 Å². The van der Waals surface area contributed by atoms with E-state index in [1.807, 2.05) is 28.9 Å². The Morgan fingerprint density at radius 3 is 2.79 bits per heavy atom. The maximum absolute atomic E-state index is 13.1. The first kappa shape index (κ1) is 18.6. The van der Waals surface area contributed by atoms with Gasteiger partial charge < -0.3 is 5.32 Å². The lowest BCUT2D eigenvalue weighted by atomic mass is 9.73. The Kier molecular flexibility index (Phi) is 4.59. The molecule has 1 aromatic carbocycles. The van der Waals surface area contributed by atoms with E-state index in [-0.39, 0.29) is 17.2 Å². The van der Waals surface area contributed by atoms with E-state index in [1.165, 1.54) is 5.56 Å². The van der Waals surface area contributed by atoms with E-state index in [2.05, 4.69) is 42.7 Å². The molecule has 1 aliphatic heterocycles. The highest BCUT2D eigenvalue weighted by atomic mass is 32.2. The zero-order valence-electron chi connectivity index (χ0n) is 16.4. The van der Waals surface area contributed by atoms with Crippen LogP contribution in [0.25, 0.3) is 0 Å². The van der Waals surface area contributed by atoms with Crippen LogP contribution < -0.4 is 5.32 Å². The second kappa shape index (κ2) is 7.15. The Hall–Kier alpha value is -2.38. The van der Waals surface area contributed by atoms with Gasteiger partial charge >= 0.3 is 0 Å². The number of anilines is 1. The summed E-state index contributed by atoms with van der Waals surface area (Å²) in [5.41, 5.74) is 3.05. The molecule has 1 N–H and O–H groups in total. The number of nitrogens with one attached hydrogen (secondary N) is 1. The number of ketones is 1. The summed E-state index contributed by atoms with van der Waals surface area (Å²) >= 11 is 3.28. The molecule has 5 nitrogen and oxygen atoms in total. The minimum atomic E-state index is -0.191. The number of aromatic nitrogens is 3. The maximum atomic E-state index is 13.1. The zero-order valence-corrected chi connectivity index (χ0v) is 18.0. The van der Waals surface area contributed by atoms with Crippen molar-refractivity contribution in [2.75, 3.05) is 5.32 Å². The lowest BCUT2D eigenvalue weighted by molar-refractivity contribution is -0.118. The molecule has 29 heavy (non-hydrogen) atoms. The molecular formula is C22H22N4OS2. The smallest absolute Gasteiger partial charge is 0.227 e. The molecule has 1 aliphatic carbocycles. The molecule has 0 saturated heterocycles. The number of nitrogens with zero attached hydrogens (tertiary/aromatic N) is 3. The van der Waals surface area contributed by atoms with Gasteiger partial charge in [-0.2, -0.15) is 4.98 Å². The molecule has 148 valence electrons. The van der Waals surface area contributed by atoms with Gasteiger partial charge in [-0.25, -0.2) is 4.68 Å². The molecular weight excluding hydrogens is 400 g/mol. The van der Waals surface area contributed by atoms with E-state index >= 15 is 0 Å². The molecule has 2 aliphatic rings. The predicted molar refractivity (Wildman–Crippen MR) is 117 cm³/mol. The molecule has 2 aromatic heterocycles. The van der Waals surface area contributed by atoms with Crippen LogP contribution in [0, 0.1) is 5.41 Å². The number of carbonyl (C=O) groups excluding carboxylic acids is 1. The number of hydrogen-bond acceptors (Lipinski definition) is 6. The van der Waals surface area contributed by atoms with Crippen LogP contribution in [-0.2, 0) is 10.5 Å². The number of Topliss-reactive ketones (excluding diaryl/α,β-unsaturated/α-hetero) is 1. The standard InChI is InChI=1S/C22H22N4OS2/c1-22(2)11-15-18(16(27)12-22)19(17-9-6-10-28-17)26-20(23-15)24-21(25-26)29-13-14-7-4-3-5-8-14/h3-10,19H,11-13H2,1-2H3,(H,23,24,25)/t19-/m1/s1. The number of fused-ring (bicyclic) bond motifs is 1. The van der Waals surface area contributed by atoms with Crippen LogP contribution in [-0.4, -0.2) is 20.5 Å². The molecule has 7 heteroatoms. The van der Waals surface area contributed by atoms with Crippen LogP contribution >= 0.6 is 23.1 Å². The van der Waals surface area contributed by atoms with Gasteiger partial charge in [0.2, 0.25) is 11.1 Å². The summed E-state index contributed by atoms with van der Waals surface area (Å²) < 4.78 is 1.90. The van der Waals surface area contributed by atoms with Crippen molar-refractivity contribution in [1.82, 2.24) is 14.8 Å². The number of carbonyl (C=O) groups is 1. The third kappa shape index (κ3) is 3.53. The van der Waals surface area contributed by atoms with Gasteiger partial charge in [-0.1, -0.05) is 62.0 Å². The van der Waals surface area contributed by atoms with E-state index in [9.17, 15) is 4.79 Å². The van der Waals surface area contributed by atoms with E-state index in [0.29, 0.717) is 6.42 Å². The highest BCUT2D eigenvalue weighted by Crippen LogP contribution is 2.46. The summed E-state index contributed by atoms with van der Waals surface area (Å²) in [7, 11) is 0. The fourth-order valence-electron chi connectivity index (χ4n) is 4.08. The van der Waals surface area contributed by atoms with Gasteiger partial charge in [0.05, 0.1) is 0 Å². The first-order valence-corrected chi connectivity index (χ1v) is 11.6. The molecule has 1 atom stereocenters. The van der Waals surface area contributed by atoms with Gasteiger partial charge in [0.15, 0.2) is 5.78 Å². The average Bonchev–Trinajstić information content (AvgIpc) is 3.34. The number of benzene rings is 1. The topological polar surface area (TPSA) is 59.8 Å². The summed E-state index contributed by atoms with van der Waals surface area (Å²) in [6.45, 7) is 4.30. The maximum Gasteiger partial charge on any atom is 0.227 e. The van der Waals surface area contributed by atoms with Gasteiger partial charge in [-0.05, 0) is 28.8 Å². The fourth-order valence-corrected chi connectivity index (χ4v) is 5.69. The predicted octanol–water partition coefficient (Wildman–Crippen LogP) is 5.29. The van der Waals surface area contributed by atoms with Crippen molar-refractivity contribution in [3.8, 4) is 0 Å². The highest BCUT2D eigenvalue weighted by Gasteiger charge is 2.42. The van der Waals surface area contributed by atoms with Crippen LogP contribution in [0.4, 0.5) is 5.95 Å². The molecule has 5 rings (SSSR count). The third-order valence-electron chi connectivity index (χ3n) is 5.34. The van der Waals surface area contributed by atoms with Crippen LogP contribution in [0.15, 0.2) is 64.3 Å². The molecule has 0 radical (unpaired) electrons. The SMILES string of the molecule is CC1(C)CC(=O)C2=C(C1)Nc1nc(SCc3ccccc3)nn1[C@@H]2c1cccs1. The van der Waals surface area contributed by atoms with Crippen molar-refractivity contribution in [1.29, 1.82) is 0 Å². The van der Waals surface area contributed by atoms with Gasteiger partial charge in [-0.15, -0.1) is 16.4 Å². The van der Waals surface area contributed by atoms with Crippen molar-refractivity contribution >= 4 is 34.8 Å². The number of thiophene rings is 1. The molecule has 0 bridgehead atoms. The number of hydrogen-bond donors (Lipinski definition) is 1. The monoisotopic (exact) mass is 422 g/mol. The Morgan fingerprint density at radius 2 is 2.03 bits per heavy atom. The van der Waals surface area contributed by atoms with Crippen molar-refractivity contribution < 1.29 is 4.79 Å². The van der Waals surface area contributed by atoms with E-state index < -0.39 is 0 Å². The molecule has 3 heterocycles. The van der Waals surface area contributed by atoms with Crippen molar-refractivity contribution in [3.05, 3.63) is 69.6 Å². The second-order valence-corrected chi connectivity index (χ2v) is 10.2. The second-order valence-electron chi connectivity index (χ2n) is 8.31. The van der Waals surface area contributed by atoms with Crippen LogP contribution in [0.2, 0.25) is 0 Å². The number of thioether (sulfide) groups is 1. The van der Waals surface area contributed by atoms with Gasteiger partial charge in [0.25, 0.3) is 0 Å². The summed E-state index contributed by atoms with van der Waals surface area (Å²) in [6, 6.07) is 14.2. The molecule has 0 spiro atoms. The van der Waals surface area contributed by atoms with Crippen molar-refractivity contribution in [2.24, 2.45) is 5.41 Å². The zero-order chi connectivity index (χ0) is 20.0. The highest BCUT2D eigenvalue weighted by molar-refractivity contribution is 7.98. The molecule has 0 saturated carbocycles. The lowest BCUT2D eigenvalue weighted by Crippen LogP contribution is -2.36. The number of rotatable bonds is 4. The van der Waals surface area contributed by atoms with E-state index in [0.717, 1.165) is 39.4 Å². The summed E-state index contributed by atoms with van der Waals surface area (Å²) in [5.74, 6) is 1.75. The first-order chi connectivity index (χ1) is 14.0. The molecule has 3 aromatic rings. The normalized spacial score (nSPS) is 20.2. The lowest BCUT2D eigenvalue weighted by Gasteiger charge is -2.37. The van der Waals surface area contributed by atoms with Crippen LogP contribution in [0.3, 0.4) is 0 Å². The van der Waals surface area contributed by atoms with E-state index in [1.54, 1.807) is 23.1 Å². The third-order valence-corrected chi connectivity index (χ3v) is 7.17. The Morgan fingerprint density at radius 1 is 1.21 bits per heavy atom. The summed E-state index contributed by atoms with van der Waals surface area (Å²) in [6.07, 6.45) is 1.41. The molecule has 0 fully saturated rings. The van der Waals surface area contributed by atoms with E-state index in [4.69, 9.17) is 10.1 Å². The summed E-state index contributed by atoms with van der Waals surface area (Å²) in [5, 5.41) is 11.0. The van der Waals surface area contributed by atoms with Crippen molar-refractivity contribution in [3.63, 3.8) is 0 Å². The first-order valence-electron chi connectivity index (χ1n) is 9.70. The quantitative estimate of drug-likeness (QED) is 0.579. The minimum Gasteiger partial charge on any atom is -0.328 e. The summed E-state index contributed by atoms with van der Waals surface area (Å²) in [4.78, 5) is 19.0. The van der Waals surface area contributed by atoms with Crippen LogP contribution in [0.1, 0.15) is 43.2 Å². The van der Waals surface area contributed by atoms with Crippen LogP contribution in [0.5, 0.6) is 0 Å². The van der Waals surface area contributed by atoms with Crippen molar-refractivity contribution in [2.45, 2.75) is 43.6 Å². The molecule has 0 amide bonds. The minimum absolute atomic E-state index is 0.0456. The largest absolute Gasteiger partial charge is 0.328 e. The molecule has 0 unspecified atom stereocenters. The Bertz CT molecular complexity index is 1080. The van der Waals surface area contributed by atoms with Gasteiger partial charge in [0, 0.05) is 28.3 Å². The Labute approximate surface area is 178 Å². The average molecular weight is 423 g/mol. The van der Waals surface area contributed by atoms with Gasteiger partial charge in [-0.3, -0.25) is 4.79 Å². The number of allylic oxidation sites excluding steroid dienone is 2.